The van der Waals surface area contributed by atoms with Gasteiger partial charge in [-0.3, -0.25) is 4.79 Å². The molecule has 0 spiro atoms. The van der Waals surface area contributed by atoms with E-state index in [4.69, 9.17) is 5.73 Å². The Morgan fingerprint density at radius 2 is 1.87 bits per heavy atom. The zero-order valence-corrected chi connectivity index (χ0v) is 15.9. The number of rotatable bonds is 8. The van der Waals surface area contributed by atoms with Crippen LogP contribution in [0.25, 0.3) is 0 Å². The van der Waals surface area contributed by atoms with Gasteiger partial charge < -0.3 is 11.1 Å². The van der Waals surface area contributed by atoms with Crippen LogP contribution in [-0.2, 0) is 14.8 Å². The summed E-state index contributed by atoms with van der Waals surface area (Å²) in [5.41, 5.74) is 6.64. The second-order valence-corrected chi connectivity index (χ2v) is 7.77. The van der Waals surface area contributed by atoms with Gasteiger partial charge in [-0.25, -0.2) is 13.1 Å². The van der Waals surface area contributed by atoms with Crippen molar-refractivity contribution in [2.75, 3.05) is 19.1 Å². The van der Waals surface area contributed by atoms with E-state index in [2.05, 4.69) is 10.0 Å². The molecule has 0 heterocycles. The van der Waals surface area contributed by atoms with Crippen LogP contribution in [0.3, 0.4) is 0 Å². The molecule has 1 aromatic carbocycles. The van der Waals surface area contributed by atoms with E-state index < -0.39 is 16.1 Å². The maximum Gasteiger partial charge on any atom is 0.240 e. The molecule has 9 heteroatoms. The molecule has 0 bridgehead atoms. The van der Waals surface area contributed by atoms with Gasteiger partial charge in [-0.1, -0.05) is 12.1 Å². The first kappa shape index (κ1) is 22.2. The van der Waals surface area contributed by atoms with E-state index in [1.165, 1.54) is 19.2 Å². The van der Waals surface area contributed by atoms with Gasteiger partial charge in [0, 0.05) is 0 Å². The van der Waals surface area contributed by atoms with Crippen molar-refractivity contribution < 1.29 is 13.2 Å². The molecule has 1 amide bonds. The summed E-state index contributed by atoms with van der Waals surface area (Å²) in [5, 5.41) is 2.84. The molecule has 0 fully saturated rings. The van der Waals surface area contributed by atoms with Crippen LogP contribution in [0, 0.1) is 0 Å². The van der Waals surface area contributed by atoms with Gasteiger partial charge in [0.1, 0.15) is 0 Å². The largest absolute Gasteiger partial charge is 0.348 e. The molecular weight excluding hydrogens is 358 g/mol. The third kappa shape index (κ3) is 6.68. The Morgan fingerprint density at radius 1 is 1.30 bits per heavy atom. The highest BCUT2D eigenvalue weighted by atomic mass is 35.5. The number of benzene rings is 1. The summed E-state index contributed by atoms with van der Waals surface area (Å²) in [6.07, 6.45) is 2.59. The van der Waals surface area contributed by atoms with Gasteiger partial charge in [0.25, 0.3) is 0 Å². The van der Waals surface area contributed by atoms with E-state index in [-0.39, 0.29) is 29.3 Å². The maximum absolute atomic E-state index is 12.0. The van der Waals surface area contributed by atoms with Crippen molar-refractivity contribution in [2.24, 2.45) is 5.73 Å². The number of thioether (sulfide) groups is 1. The highest BCUT2D eigenvalue weighted by Crippen LogP contribution is 2.16. The minimum Gasteiger partial charge on any atom is -0.348 e. The highest BCUT2D eigenvalue weighted by Gasteiger charge is 2.17. The number of halogens is 1. The van der Waals surface area contributed by atoms with Crippen molar-refractivity contribution in [3.05, 3.63) is 29.8 Å². The summed E-state index contributed by atoms with van der Waals surface area (Å²) in [6, 6.07) is 5.62. The molecule has 0 aromatic heterocycles. The SMILES string of the molecule is CNS(=O)(=O)c1ccc(C(C)NC(=O)[C@@H](N)CCSC)cc1.Cl. The van der Waals surface area contributed by atoms with Crippen LogP contribution in [0.2, 0.25) is 0 Å². The fourth-order valence-corrected chi connectivity index (χ4v) is 3.05. The lowest BCUT2D eigenvalue weighted by Crippen LogP contribution is -2.41. The van der Waals surface area contributed by atoms with Gasteiger partial charge in [0.2, 0.25) is 15.9 Å². The molecular formula is C14H24ClN3O3S2. The minimum absolute atomic E-state index is 0. The Kier molecular flexibility index (Phi) is 9.79. The van der Waals surface area contributed by atoms with Crippen LogP contribution in [0.15, 0.2) is 29.2 Å². The summed E-state index contributed by atoms with van der Waals surface area (Å²) in [4.78, 5) is 12.1. The summed E-state index contributed by atoms with van der Waals surface area (Å²) >= 11 is 1.65. The zero-order valence-electron chi connectivity index (χ0n) is 13.4. The number of hydrogen-bond donors (Lipinski definition) is 3. The molecule has 132 valence electrons. The highest BCUT2D eigenvalue weighted by molar-refractivity contribution is 7.98. The molecule has 2 atom stereocenters. The fraction of sp³-hybridized carbons (Fsp3) is 0.500. The number of amides is 1. The van der Waals surface area contributed by atoms with Gasteiger partial charge in [0.05, 0.1) is 17.0 Å². The zero-order chi connectivity index (χ0) is 16.8. The Bertz CT molecular complexity index is 594. The third-order valence-corrected chi connectivity index (χ3v) is 5.36. The van der Waals surface area contributed by atoms with E-state index in [1.54, 1.807) is 23.9 Å². The lowest BCUT2D eigenvalue weighted by molar-refractivity contribution is -0.123. The van der Waals surface area contributed by atoms with E-state index in [0.29, 0.717) is 6.42 Å². The standard InChI is InChI=1S/C14H23N3O3S2.ClH/c1-10(17-14(18)13(15)8-9-21-3)11-4-6-12(7-5-11)22(19,20)16-2;/h4-7,10,13,16H,8-9,15H2,1-3H3,(H,17,18);1H/t10?,13-;/m0./s1. The second kappa shape index (κ2) is 10.1. The van der Waals surface area contributed by atoms with Crippen molar-refractivity contribution in [2.45, 2.75) is 30.3 Å². The van der Waals surface area contributed by atoms with E-state index >= 15 is 0 Å². The van der Waals surface area contributed by atoms with Crippen LogP contribution in [0.5, 0.6) is 0 Å². The number of hydrogen-bond acceptors (Lipinski definition) is 5. The van der Waals surface area contributed by atoms with Crippen molar-refractivity contribution in [3.8, 4) is 0 Å². The summed E-state index contributed by atoms with van der Waals surface area (Å²) in [7, 11) is -2.08. The number of nitrogens with two attached hydrogens (primary N) is 1. The molecule has 1 rings (SSSR count). The smallest absolute Gasteiger partial charge is 0.240 e. The van der Waals surface area contributed by atoms with E-state index in [0.717, 1.165) is 11.3 Å². The summed E-state index contributed by atoms with van der Waals surface area (Å²) in [6.45, 7) is 1.83. The van der Waals surface area contributed by atoms with Gasteiger partial charge >= 0.3 is 0 Å². The minimum atomic E-state index is -3.45. The average Bonchev–Trinajstić information content (AvgIpc) is 2.52. The fourth-order valence-electron chi connectivity index (χ4n) is 1.83. The maximum atomic E-state index is 12.0. The topological polar surface area (TPSA) is 101 Å². The molecule has 1 unspecified atom stereocenters. The Labute approximate surface area is 148 Å². The molecule has 0 saturated carbocycles. The first-order valence-corrected chi connectivity index (χ1v) is 9.78. The van der Waals surface area contributed by atoms with Gasteiger partial charge in [0.15, 0.2) is 0 Å². The molecule has 6 nitrogen and oxygen atoms in total. The molecule has 0 aliphatic heterocycles. The Hall–Kier alpha value is -0.800. The predicted molar refractivity (Wildman–Crippen MR) is 97.5 cm³/mol. The lowest BCUT2D eigenvalue weighted by atomic mass is 10.1. The van der Waals surface area contributed by atoms with E-state index in [9.17, 15) is 13.2 Å². The van der Waals surface area contributed by atoms with Crippen molar-refractivity contribution in [1.29, 1.82) is 0 Å². The monoisotopic (exact) mass is 381 g/mol. The molecule has 0 aliphatic carbocycles. The van der Waals surface area contributed by atoms with Gasteiger partial charge in [-0.2, -0.15) is 11.8 Å². The normalized spacial score (nSPS) is 13.7. The molecule has 0 radical (unpaired) electrons. The molecule has 0 aliphatic rings. The number of sulfonamides is 1. The van der Waals surface area contributed by atoms with Crippen molar-refractivity contribution >= 4 is 40.1 Å². The first-order valence-electron chi connectivity index (χ1n) is 6.90. The Morgan fingerprint density at radius 3 is 2.35 bits per heavy atom. The first-order chi connectivity index (χ1) is 10.3. The van der Waals surface area contributed by atoms with Crippen LogP contribution < -0.4 is 15.8 Å². The van der Waals surface area contributed by atoms with Crippen LogP contribution in [-0.4, -0.2) is 39.4 Å². The van der Waals surface area contributed by atoms with Crippen LogP contribution in [0.4, 0.5) is 0 Å². The predicted octanol–water partition coefficient (Wildman–Crippen LogP) is 1.27. The average molecular weight is 382 g/mol. The molecule has 1 aromatic rings. The quantitative estimate of drug-likeness (QED) is 0.629. The number of carbonyl (C=O) groups is 1. The molecule has 23 heavy (non-hydrogen) atoms. The van der Waals surface area contributed by atoms with Gasteiger partial charge in [-0.15, -0.1) is 12.4 Å². The van der Waals surface area contributed by atoms with Crippen molar-refractivity contribution in [1.82, 2.24) is 10.0 Å². The molecule has 0 saturated heterocycles. The van der Waals surface area contributed by atoms with Crippen LogP contribution >= 0.6 is 24.2 Å². The molecule has 4 N–H and O–H groups in total. The number of carbonyl (C=O) groups excluding carboxylic acids is 1. The van der Waals surface area contributed by atoms with E-state index in [1.807, 2.05) is 13.2 Å². The lowest BCUT2D eigenvalue weighted by Gasteiger charge is -2.18. The second-order valence-electron chi connectivity index (χ2n) is 4.89. The van der Waals surface area contributed by atoms with Crippen molar-refractivity contribution in [3.63, 3.8) is 0 Å². The van der Waals surface area contributed by atoms with Gasteiger partial charge in [-0.05, 0) is 50.1 Å². The number of nitrogens with one attached hydrogen (secondary N) is 2. The Balaban J connectivity index is 0.00000484. The summed E-state index contributed by atoms with van der Waals surface area (Å²) in [5.74, 6) is 0.632. The summed E-state index contributed by atoms with van der Waals surface area (Å²) < 4.78 is 25.6. The third-order valence-electron chi connectivity index (χ3n) is 3.29. The van der Waals surface area contributed by atoms with Crippen LogP contribution in [0.1, 0.15) is 24.9 Å².